The minimum absolute atomic E-state index is 0.0804. The van der Waals surface area contributed by atoms with Gasteiger partial charge in [-0.15, -0.1) is 0 Å². The molecule has 104 valence electrons. The molecule has 2 N–H and O–H groups in total. The molecule has 0 unspecified atom stereocenters. The van der Waals surface area contributed by atoms with Crippen molar-refractivity contribution in [2.24, 2.45) is 0 Å². The summed E-state index contributed by atoms with van der Waals surface area (Å²) in [6.45, 7) is 3.09. The van der Waals surface area contributed by atoms with Gasteiger partial charge in [-0.3, -0.25) is 19.9 Å². The van der Waals surface area contributed by atoms with Crippen LogP contribution in [-0.4, -0.2) is 19.6 Å². The van der Waals surface area contributed by atoms with Gasteiger partial charge in [-0.2, -0.15) is 0 Å². The maximum absolute atomic E-state index is 11.8. The second kappa shape index (κ2) is 4.65. The zero-order valence-electron chi connectivity index (χ0n) is 10.7. The molecule has 0 aliphatic carbocycles. The van der Waals surface area contributed by atoms with Crippen LogP contribution in [0.4, 0.5) is 5.69 Å². The highest BCUT2D eigenvalue weighted by atomic mass is 16.6. The third kappa shape index (κ3) is 2.18. The molecule has 1 heterocycles. The van der Waals surface area contributed by atoms with Crippen molar-refractivity contribution in [3.8, 4) is 11.6 Å². The van der Waals surface area contributed by atoms with Crippen molar-refractivity contribution in [1.29, 1.82) is 0 Å². The SMILES string of the molecule is Cc1cc([N+](=O)[O-])c(C)cc1-n1c(O)cc(=O)[nH]c1=O. The van der Waals surface area contributed by atoms with Crippen molar-refractivity contribution >= 4 is 5.69 Å². The standard InChI is InChI=1S/C12H11N3O5/c1-6-4-9(15(19)20)7(2)3-8(6)14-11(17)5-10(16)13-12(14)18/h3-5,17H,1-2H3,(H,13,16,18). The van der Waals surface area contributed by atoms with E-state index in [9.17, 15) is 24.8 Å². The van der Waals surface area contributed by atoms with E-state index < -0.39 is 22.1 Å². The van der Waals surface area contributed by atoms with Crippen molar-refractivity contribution in [2.45, 2.75) is 13.8 Å². The molecule has 0 spiro atoms. The molecular weight excluding hydrogens is 266 g/mol. The molecule has 0 saturated heterocycles. The maximum Gasteiger partial charge on any atom is 0.335 e. The maximum atomic E-state index is 11.8. The van der Waals surface area contributed by atoms with Gasteiger partial charge in [0, 0.05) is 11.6 Å². The van der Waals surface area contributed by atoms with Crippen LogP contribution in [0, 0.1) is 24.0 Å². The number of nitro groups is 1. The lowest BCUT2D eigenvalue weighted by atomic mass is 10.1. The highest BCUT2D eigenvalue weighted by molar-refractivity contribution is 5.53. The van der Waals surface area contributed by atoms with Crippen LogP contribution in [0.25, 0.3) is 5.69 Å². The fourth-order valence-corrected chi connectivity index (χ4v) is 1.94. The van der Waals surface area contributed by atoms with Crippen LogP contribution in [0.3, 0.4) is 0 Å². The lowest BCUT2D eigenvalue weighted by Gasteiger charge is -2.11. The van der Waals surface area contributed by atoms with Crippen molar-refractivity contribution in [2.75, 3.05) is 0 Å². The zero-order valence-corrected chi connectivity index (χ0v) is 10.7. The van der Waals surface area contributed by atoms with E-state index in [2.05, 4.69) is 0 Å². The molecule has 0 fully saturated rings. The molecule has 0 aliphatic heterocycles. The Kier molecular flexibility index (Phi) is 3.15. The van der Waals surface area contributed by atoms with Crippen molar-refractivity contribution in [3.63, 3.8) is 0 Å². The number of rotatable bonds is 2. The summed E-state index contributed by atoms with van der Waals surface area (Å²) in [6.07, 6.45) is 0. The largest absolute Gasteiger partial charge is 0.494 e. The molecule has 0 aliphatic rings. The zero-order chi connectivity index (χ0) is 15.0. The molecule has 1 aromatic carbocycles. The predicted octanol–water partition coefficient (Wildman–Crippen LogP) is 0.756. The van der Waals surface area contributed by atoms with Gasteiger partial charge in [0.2, 0.25) is 5.88 Å². The second-order valence-electron chi connectivity index (χ2n) is 4.31. The van der Waals surface area contributed by atoms with Gasteiger partial charge in [0.25, 0.3) is 11.2 Å². The van der Waals surface area contributed by atoms with E-state index in [1.54, 1.807) is 6.92 Å². The van der Waals surface area contributed by atoms with Crippen LogP contribution < -0.4 is 11.2 Å². The summed E-state index contributed by atoms with van der Waals surface area (Å²) >= 11 is 0. The van der Waals surface area contributed by atoms with Crippen molar-refractivity contribution < 1.29 is 10.0 Å². The van der Waals surface area contributed by atoms with Gasteiger partial charge >= 0.3 is 5.69 Å². The summed E-state index contributed by atoms with van der Waals surface area (Å²) in [5, 5.41) is 20.6. The number of nitrogens with zero attached hydrogens (tertiary/aromatic N) is 2. The van der Waals surface area contributed by atoms with Crippen LogP contribution in [0.15, 0.2) is 27.8 Å². The molecule has 2 aromatic rings. The lowest BCUT2D eigenvalue weighted by Crippen LogP contribution is -2.28. The highest BCUT2D eigenvalue weighted by Gasteiger charge is 2.16. The molecular formula is C12H11N3O5. The Morgan fingerprint density at radius 1 is 1.20 bits per heavy atom. The fraction of sp³-hybridized carbons (Fsp3) is 0.167. The van der Waals surface area contributed by atoms with E-state index in [4.69, 9.17) is 0 Å². The lowest BCUT2D eigenvalue weighted by molar-refractivity contribution is -0.385. The first-order valence-electron chi connectivity index (χ1n) is 5.62. The first-order valence-corrected chi connectivity index (χ1v) is 5.62. The Hall–Kier alpha value is -2.90. The Bertz CT molecular complexity index is 819. The first-order chi connectivity index (χ1) is 9.31. The van der Waals surface area contributed by atoms with E-state index in [1.165, 1.54) is 19.1 Å². The molecule has 1 aromatic heterocycles. The summed E-state index contributed by atoms with van der Waals surface area (Å²) in [5.74, 6) is -0.532. The Morgan fingerprint density at radius 3 is 2.40 bits per heavy atom. The number of nitro benzene ring substituents is 1. The van der Waals surface area contributed by atoms with E-state index in [-0.39, 0.29) is 11.4 Å². The number of nitrogens with one attached hydrogen (secondary N) is 1. The van der Waals surface area contributed by atoms with Crippen LogP contribution in [-0.2, 0) is 0 Å². The number of H-pyrrole nitrogens is 1. The van der Waals surface area contributed by atoms with E-state index >= 15 is 0 Å². The molecule has 2 rings (SSSR count). The predicted molar refractivity (Wildman–Crippen MR) is 70.5 cm³/mol. The number of benzene rings is 1. The Labute approximate surface area is 112 Å². The average Bonchev–Trinajstić information content (AvgIpc) is 2.31. The smallest absolute Gasteiger partial charge is 0.335 e. The topological polar surface area (TPSA) is 118 Å². The highest BCUT2D eigenvalue weighted by Crippen LogP contribution is 2.25. The van der Waals surface area contributed by atoms with E-state index in [1.807, 2.05) is 4.98 Å². The average molecular weight is 277 g/mol. The quantitative estimate of drug-likeness (QED) is 0.620. The third-order valence-electron chi connectivity index (χ3n) is 2.87. The van der Waals surface area contributed by atoms with Gasteiger partial charge in [-0.25, -0.2) is 9.36 Å². The van der Waals surface area contributed by atoms with Crippen molar-refractivity contribution in [3.05, 3.63) is 60.3 Å². The van der Waals surface area contributed by atoms with E-state index in [0.717, 1.165) is 10.6 Å². The fourth-order valence-electron chi connectivity index (χ4n) is 1.94. The molecule has 0 atom stereocenters. The molecule has 0 amide bonds. The van der Waals surface area contributed by atoms with Crippen LogP contribution in [0.2, 0.25) is 0 Å². The number of hydrogen-bond acceptors (Lipinski definition) is 5. The van der Waals surface area contributed by atoms with Crippen LogP contribution in [0.1, 0.15) is 11.1 Å². The normalized spacial score (nSPS) is 10.5. The summed E-state index contributed by atoms with van der Waals surface area (Å²) in [4.78, 5) is 35.2. The third-order valence-corrected chi connectivity index (χ3v) is 2.87. The summed E-state index contributed by atoms with van der Waals surface area (Å²) in [5.41, 5.74) is -0.582. The van der Waals surface area contributed by atoms with Gasteiger partial charge in [0.1, 0.15) is 0 Å². The number of aryl methyl sites for hydroxylation is 2. The van der Waals surface area contributed by atoms with Gasteiger partial charge in [0.15, 0.2) is 0 Å². The van der Waals surface area contributed by atoms with Gasteiger partial charge in [-0.05, 0) is 25.5 Å². The molecule has 8 nitrogen and oxygen atoms in total. The Balaban J connectivity index is 2.78. The summed E-state index contributed by atoms with van der Waals surface area (Å²) in [6, 6.07) is 3.58. The summed E-state index contributed by atoms with van der Waals surface area (Å²) < 4.78 is 0.882. The van der Waals surface area contributed by atoms with Gasteiger partial charge < -0.3 is 5.11 Å². The van der Waals surface area contributed by atoms with Crippen LogP contribution in [0.5, 0.6) is 5.88 Å². The number of aromatic hydroxyl groups is 1. The molecule has 0 radical (unpaired) electrons. The number of aromatic amines is 1. The molecule has 0 bridgehead atoms. The monoisotopic (exact) mass is 277 g/mol. The van der Waals surface area contributed by atoms with Gasteiger partial charge in [-0.1, -0.05) is 0 Å². The minimum Gasteiger partial charge on any atom is -0.494 e. The summed E-state index contributed by atoms with van der Waals surface area (Å²) in [7, 11) is 0. The molecule has 8 heteroatoms. The second-order valence-corrected chi connectivity index (χ2v) is 4.31. The molecule has 0 saturated carbocycles. The van der Waals surface area contributed by atoms with Gasteiger partial charge in [0.05, 0.1) is 16.7 Å². The molecule has 20 heavy (non-hydrogen) atoms. The van der Waals surface area contributed by atoms with Crippen molar-refractivity contribution in [1.82, 2.24) is 9.55 Å². The number of hydrogen-bond donors (Lipinski definition) is 2. The minimum atomic E-state index is -0.814. The Morgan fingerprint density at radius 2 is 1.85 bits per heavy atom. The van der Waals surface area contributed by atoms with E-state index in [0.29, 0.717) is 11.1 Å². The van der Waals surface area contributed by atoms with Crippen LogP contribution >= 0.6 is 0 Å². The number of aromatic nitrogens is 2. The first kappa shape index (κ1) is 13.5.